The summed E-state index contributed by atoms with van der Waals surface area (Å²) in [6, 6.07) is 0. The first-order valence-corrected chi connectivity index (χ1v) is 9.59. The molecule has 144 valence electrons. The van der Waals surface area contributed by atoms with Gasteiger partial charge in [0.25, 0.3) is 0 Å². The van der Waals surface area contributed by atoms with Crippen molar-refractivity contribution in [2.24, 2.45) is 22.7 Å². The van der Waals surface area contributed by atoms with Crippen molar-refractivity contribution in [2.45, 2.75) is 84.8 Å². The maximum absolute atomic E-state index is 11.4. The number of rotatable bonds is 4. The molecule has 4 heteroatoms. The van der Waals surface area contributed by atoms with Crippen LogP contribution in [-0.2, 0) is 9.53 Å². The van der Waals surface area contributed by atoms with Crippen LogP contribution in [0.15, 0.2) is 11.6 Å². The number of carbonyl (C=O) groups excluding carboxylic acids is 1. The molecule has 0 aromatic carbocycles. The zero-order chi connectivity index (χ0) is 19.0. The number of aliphatic hydroxyl groups is 2. The molecule has 2 rings (SSSR count). The van der Waals surface area contributed by atoms with Crippen LogP contribution in [0.3, 0.4) is 0 Å². The SMILES string of the molecule is COC(=O)C=C(C)CCC1C(C)(O)CC(O)C2C(C)(C)CCCC21C. The monoisotopic (exact) mass is 352 g/mol. The molecule has 0 saturated heterocycles. The second-order valence-corrected chi connectivity index (χ2v) is 9.56. The fourth-order valence-corrected chi connectivity index (χ4v) is 6.22. The van der Waals surface area contributed by atoms with E-state index in [1.54, 1.807) is 0 Å². The predicted molar refractivity (Wildman–Crippen MR) is 99.0 cm³/mol. The summed E-state index contributed by atoms with van der Waals surface area (Å²) in [5.41, 5.74) is 0.0832. The van der Waals surface area contributed by atoms with E-state index in [1.165, 1.54) is 13.2 Å². The van der Waals surface area contributed by atoms with E-state index in [0.29, 0.717) is 6.42 Å². The Balaban J connectivity index is 2.27. The quantitative estimate of drug-likeness (QED) is 0.596. The fraction of sp³-hybridized carbons (Fsp3) is 0.857. The number of methoxy groups -OCH3 is 1. The summed E-state index contributed by atoms with van der Waals surface area (Å²) in [6.07, 6.45) is 6.39. The number of aliphatic hydroxyl groups excluding tert-OH is 1. The molecule has 0 spiro atoms. The summed E-state index contributed by atoms with van der Waals surface area (Å²) < 4.78 is 4.70. The van der Waals surface area contributed by atoms with E-state index in [1.807, 2.05) is 13.8 Å². The van der Waals surface area contributed by atoms with Gasteiger partial charge in [-0.1, -0.05) is 32.8 Å². The van der Waals surface area contributed by atoms with Crippen LogP contribution >= 0.6 is 0 Å². The molecule has 2 aliphatic carbocycles. The lowest BCUT2D eigenvalue weighted by Gasteiger charge is -2.63. The number of hydrogen-bond donors (Lipinski definition) is 2. The third kappa shape index (κ3) is 3.95. The molecule has 2 aliphatic rings. The van der Waals surface area contributed by atoms with Crippen molar-refractivity contribution in [3.63, 3.8) is 0 Å². The van der Waals surface area contributed by atoms with Crippen LogP contribution < -0.4 is 0 Å². The van der Waals surface area contributed by atoms with Gasteiger partial charge in [0.15, 0.2) is 0 Å². The second kappa shape index (κ2) is 7.03. The van der Waals surface area contributed by atoms with Crippen molar-refractivity contribution in [1.82, 2.24) is 0 Å². The lowest BCUT2D eigenvalue weighted by molar-refractivity contribution is -0.214. The van der Waals surface area contributed by atoms with Crippen molar-refractivity contribution in [3.8, 4) is 0 Å². The Bertz CT molecular complexity index is 534. The predicted octanol–water partition coefficient (Wildman–Crippen LogP) is 3.85. The van der Waals surface area contributed by atoms with Crippen molar-refractivity contribution in [1.29, 1.82) is 0 Å². The summed E-state index contributed by atoms with van der Waals surface area (Å²) in [5, 5.41) is 22.0. The maximum Gasteiger partial charge on any atom is 0.330 e. The number of ether oxygens (including phenoxy) is 1. The molecule has 0 aromatic rings. The molecule has 5 atom stereocenters. The average Bonchev–Trinajstić information content (AvgIpc) is 2.43. The molecule has 0 bridgehead atoms. The Kier molecular flexibility index (Phi) is 5.75. The first-order valence-electron chi connectivity index (χ1n) is 9.59. The molecule has 25 heavy (non-hydrogen) atoms. The third-order valence-corrected chi connectivity index (χ3v) is 7.04. The topological polar surface area (TPSA) is 66.8 Å². The molecular weight excluding hydrogens is 316 g/mol. The van der Waals surface area contributed by atoms with Crippen LogP contribution in [0.25, 0.3) is 0 Å². The molecule has 0 amide bonds. The third-order valence-electron chi connectivity index (χ3n) is 7.04. The molecule has 0 radical (unpaired) electrons. The first-order chi connectivity index (χ1) is 11.4. The number of esters is 1. The summed E-state index contributed by atoms with van der Waals surface area (Å²) in [6.45, 7) is 10.6. The van der Waals surface area contributed by atoms with Crippen LogP contribution in [0.4, 0.5) is 0 Å². The highest BCUT2D eigenvalue weighted by Crippen LogP contribution is 2.62. The van der Waals surface area contributed by atoms with Crippen LogP contribution in [0.5, 0.6) is 0 Å². The minimum absolute atomic E-state index is 0.0814. The van der Waals surface area contributed by atoms with E-state index in [0.717, 1.165) is 37.7 Å². The fourth-order valence-electron chi connectivity index (χ4n) is 6.22. The number of hydrogen-bond acceptors (Lipinski definition) is 4. The van der Waals surface area contributed by atoms with Crippen molar-refractivity contribution >= 4 is 5.97 Å². The highest BCUT2D eigenvalue weighted by molar-refractivity contribution is 5.82. The molecule has 0 aliphatic heterocycles. The summed E-state index contributed by atoms with van der Waals surface area (Å²) in [7, 11) is 1.38. The maximum atomic E-state index is 11.4. The van der Waals surface area contributed by atoms with E-state index in [-0.39, 0.29) is 28.6 Å². The molecule has 4 nitrogen and oxygen atoms in total. The summed E-state index contributed by atoms with van der Waals surface area (Å²) >= 11 is 0. The highest BCUT2D eigenvalue weighted by atomic mass is 16.5. The Labute approximate surface area is 152 Å². The van der Waals surface area contributed by atoms with Gasteiger partial charge in [-0.2, -0.15) is 0 Å². The molecule has 2 N–H and O–H groups in total. The van der Waals surface area contributed by atoms with Gasteiger partial charge >= 0.3 is 5.97 Å². The molecule has 5 unspecified atom stereocenters. The van der Waals surface area contributed by atoms with Gasteiger partial charge in [-0.05, 0) is 62.2 Å². The smallest absolute Gasteiger partial charge is 0.330 e. The Morgan fingerprint density at radius 1 is 1.24 bits per heavy atom. The van der Waals surface area contributed by atoms with E-state index in [2.05, 4.69) is 20.8 Å². The van der Waals surface area contributed by atoms with Gasteiger partial charge < -0.3 is 14.9 Å². The number of fused-ring (bicyclic) bond motifs is 1. The Morgan fingerprint density at radius 3 is 2.48 bits per heavy atom. The van der Waals surface area contributed by atoms with Crippen LogP contribution in [0.1, 0.15) is 73.1 Å². The van der Waals surface area contributed by atoms with Crippen molar-refractivity contribution in [3.05, 3.63) is 11.6 Å². The minimum atomic E-state index is -0.885. The molecule has 2 fully saturated rings. The lowest BCUT2D eigenvalue weighted by Crippen LogP contribution is -2.62. The van der Waals surface area contributed by atoms with Gasteiger partial charge in [-0.15, -0.1) is 0 Å². The van der Waals surface area contributed by atoms with E-state index < -0.39 is 11.7 Å². The standard InChI is InChI=1S/C21H36O4/c1-14(12-17(23)25-6)8-9-16-20(4)11-7-10-19(2,3)18(20)15(22)13-21(16,5)24/h12,15-16,18,22,24H,7-11,13H2,1-6H3. The Morgan fingerprint density at radius 2 is 1.88 bits per heavy atom. The minimum Gasteiger partial charge on any atom is -0.466 e. The average molecular weight is 353 g/mol. The van der Waals surface area contributed by atoms with E-state index >= 15 is 0 Å². The highest BCUT2D eigenvalue weighted by Gasteiger charge is 2.60. The zero-order valence-electron chi connectivity index (χ0n) is 16.8. The van der Waals surface area contributed by atoms with Gasteiger partial charge in [0, 0.05) is 12.5 Å². The van der Waals surface area contributed by atoms with Gasteiger partial charge in [-0.25, -0.2) is 4.79 Å². The number of carbonyl (C=O) groups is 1. The normalized spacial score (nSPS) is 41.1. The van der Waals surface area contributed by atoms with Gasteiger partial charge in [-0.3, -0.25) is 0 Å². The zero-order valence-corrected chi connectivity index (χ0v) is 16.8. The van der Waals surface area contributed by atoms with Crippen LogP contribution in [0.2, 0.25) is 0 Å². The summed E-state index contributed by atoms with van der Waals surface area (Å²) in [5.74, 6) is -0.0240. The molecule has 2 saturated carbocycles. The van der Waals surface area contributed by atoms with Crippen LogP contribution in [0, 0.1) is 22.7 Å². The lowest BCUT2D eigenvalue weighted by atomic mass is 9.44. The van der Waals surface area contributed by atoms with Crippen molar-refractivity contribution < 1.29 is 19.7 Å². The van der Waals surface area contributed by atoms with E-state index in [4.69, 9.17) is 4.74 Å². The summed E-state index contributed by atoms with van der Waals surface area (Å²) in [4.78, 5) is 11.4. The second-order valence-electron chi connectivity index (χ2n) is 9.56. The van der Waals surface area contributed by atoms with Crippen molar-refractivity contribution in [2.75, 3.05) is 7.11 Å². The molecule has 0 aromatic heterocycles. The van der Waals surface area contributed by atoms with Crippen LogP contribution in [-0.4, -0.2) is 35.0 Å². The number of allylic oxidation sites excluding steroid dienone is 1. The Hall–Kier alpha value is -0.870. The molecular formula is C21H36O4. The van der Waals surface area contributed by atoms with Gasteiger partial charge in [0.2, 0.25) is 0 Å². The van der Waals surface area contributed by atoms with E-state index in [9.17, 15) is 15.0 Å². The van der Waals surface area contributed by atoms with Gasteiger partial charge in [0.05, 0.1) is 18.8 Å². The van der Waals surface area contributed by atoms with Gasteiger partial charge in [0.1, 0.15) is 0 Å². The first kappa shape index (κ1) is 20.4. The largest absolute Gasteiger partial charge is 0.466 e. The molecule has 0 heterocycles.